The molecule has 2 bridgehead atoms. The Labute approximate surface area is 142 Å². The molecule has 2 aromatic heterocycles. The van der Waals surface area contributed by atoms with E-state index in [2.05, 4.69) is 19.9 Å². The van der Waals surface area contributed by atoms with Gasteiger partial charge in [0.25, 0.3) is 0 Å². The molecule has 3 aliphatic heterocycles. The first-order chi connectivity index (χ1) is 12.0. The molecule has 5 heterocycles. The number of piperidine rings is 1. The molecule has 0 saturated carbocycles. The molecule has 23 heavy (non-hydrogen) atoms. The van der Waals surface area contributed by atoms with Gasteiger partial charge in [-0.2, -0.15) is 0 Å². The predicted octanol–water partition coefficient (Wildman–Crippen LogP) is 2.00. The molecule has 3 aliphatic rings. The van der Waals surface area contributed by atoms with E-state index in [1.807, 2.05) is 4.90 Å². The molecule has 120 valence electrons. The monoisotopic (exact) mass is 333 g/mol. The summed E-state index contributed by atoms with van der Waals surface area (Å²) in [5, 5.41) is 0.371. The number of rotatable bonds is 4. The molecule has 2 atom stereocenters. The topological polar surface area (TPSA) is 54.4 Å². The Morgan fingerprint density at radius 3 is 2.65 bits per heavy atom. The maximum absolute atomic E-state index is 8.60. The normalized spacial score (nSPS) is 25.4. The lowest BCUT2D eigenvalue weighted by Gasteiger charge is -2.56. The molecule has 6 nitrogen and oxygen atoms in total. The lowest BCUT2D eigenvalue weighted by atomic mass is 9.87. The van der Waals surface area contributed by atoms with Crippen LogP contribution < -0.4 is 9.64 Å². The van der Waals surface area contributed by atoms with Crippen LogP contribution >= 0.6 is 11.6 Å². The van der Waals surface area contributed by atoms with Gasteiger partial charge in [0.15, 0.2) is 0 Å². The molecule has 3 saturated heterocycles. The fourth-order valence-corrected chi connectivity index (χ4v) is 3.26. The number of hydrogen-bond acceptors (Lipinski definition) is 6. The molecule has 0 aromatic carbocycles. The highest BCUT2D eigenvalue weighted by atomic mass is 35.5. The smallest absolute Gasteiger partial charge is 0.212 e. The van der Waals surface area contributed by atoms with Gasteiger partial charge in [-0.25, -0.2) is 15.0 Å². The van der Waals surface area contributed by atoms with Crippen LogP contribution in [0.1, 0.15) is 14.7 Å². The summed E-state index contributed by atoms with van der Waals surface area (Å²) in [6, 6.07) is 3.70. The fraction of sp³-hybridized carbons (Fsp3) is 0.438. The van der Waals surface area contributed by atoms with Gasteiger partial charge < -0.3 is 9.64 Å². The van der Waals surface area contributed by atoms with Gasteiger partial charge in [-0.15, -0.1) is 0 Å². The lowest BCUT2D eigenvalue weighted by molar-refractivity contribution is -0.00879. The summed E-state index contributed by atoms with van der Waals surface area (Å²) in [7, 11) is 1.55. The predicted molar refractivity (Wildman–Crippen MR) is 87.8 cm³/mol. The number of pyridine rings is 1. The second kappa shape index (κ2) is 5.94. The molecule has 0 amide bonds. The number of methoxy groups -OCH3 is 1. The summed E-state index contributed by atoms with van der Waals surface area (Å²) in [6.07, 6.45) is 5.74. The third kappa shape index (κ3) is 2.84. The Hall–Kier alpha value is -1.92. The first-order valence-corrected chi connectivity index (χ1v) is 7.88. The highest BCUT2D eigenvalue weighted by Crippen LogP contribution is 2.35. The molecule has 0 radical (unpaired) electrons. The number of nitrogens with zero attached hydrogens (tertiary/aromatic N) is 5. The quantitative estimate of drug-likeness (QED) is 0.853. The minimum Gasteiger partial charge on any atom is -0.481 e. The molecule has 0 aliphatic carbocycles. The zero-order valence-electron chi connectivity index (χ0n) is 14.7. The molecule has 2 aromatic rings. The number of piperazine rings is 1. The number of anilines is 1. The van der Waals surface area contributed by atoms with E-state index in [4.69, 9.17) is 19.1 Å². The van der Waals surface area contributed by atoms with Gasteiger partial charge >= 0.3 is 0 Å². The Balaban J connectivity index is 1.50. The summed E-state index contributed by atoms with van der Waals surface area (Å²) in [5.41, 5.74) is 0.544. The molecule has 0 N–H and O–H groups in total. The average Bonchev–Trinajstić information content (AvgIpc) is 2.62. The van der Waals surface area contributed by atoms with Crippen LogP contribution in [0.25, 0.3) is 0 Å². The van der Waals surface area contributed by atoms with Crippen molar-refractivity contribution in [3.63, 3.8) is 0 Å². The second-order valence-corrected chi connectivity index (χ2v) is 6.14. The van der Waals surface area contributed by atoms with Gasteiger partial charge in [-0.1, -0.05) is 17.7 Å². The largest absolute Gasteiger partial charge is 0.481 e. The minimum absolute atomic E-state index is 0.133. The van der Waals surface area contributed by atoms with Crippen LogP contribution in [-0.2, 0) is 6.50 Å². The van der Waals surface area contributed by atoms with Crippen molar-refractivity contribution in [1.29, 1.82) is 0 Å². The molecular weight excluding hydrogens is 314 g/mol. The van der Waals surface area contributed by atoms with E-state index in [9.17, 15) is 0 Å². The Morgan fingerprint density at radius 2 is 2.04 bits per heavy atom. The molecule has 3 fully saturated rings. The highest BCUT2D eigenvalue weighted by Gasteiger charge is 2.44. The third-order valence-electron chi connectivity index (χ3n) is 4.33. The number of fused-ring (bicyclic) bond motifs is 2. The Bertz CT molecular complexity index is 746. The maximum atomic E-state index is 8.60. The highest BCUT2D eigenvalue weighted by molar-refractivity contribution is 6.29. The van der Waals surface area contributed by atoms with Crippen molar-refractivity contribution in [3.8, 4) is 5.88 Å². The fourth-order valence-electron chi connectivity index (χ4n) is 3.16. The third-order valence-corrected chi connectivity index (χ3v) is 4.52. The molecular formula is C16H18ClN5O. The van der Waals surface area contributed by atoms with Crippen LogP contribution in [0.2, 0.25) is 5.15 Å². The zero-order chi connectivity index (χ0) is 17.6. The van der Waals surface area contributed by atoms with Crippen LogP contribution in [0.15, 0.2) is 30.7 Å². The Morgan fingerprint density at radius 1 is 1.22 bits per heavy atom. The Kier molecular flexibility index (Phi) is 3.23. The molecule has 7 heteroatoms. The first-order valence-electron chi connectivity index (χ1n) is 8.50. The van der Waals surface area contributed by atoms with Gasteiger partial charge in [0, 0.05) is 46.7 Å². The van der Waals surface area contributed by atoms with Crippen LogP contribution in [0.4, 0.5) is 5.82 Å². The first kappa shape index (κ1) is 12.5. The van der Waals surface area contributed by atoms with E-state index in [0.29, 0.717) is 16.6 Å². The number of ether oxygens (including phenoxy) is 1. The van der Waals surface area contributed by atoms with Crippen molar-refractivity contribution in [3.05, 3.63) is 41.4 Å². The van der Waals surface area contributed by atoms with Crippen LogP contribution in [0.3, 0.4) is 0 Å². The summed E-state index contributed by atoms with van der Waals surface area (Å²) < 4.78 is 22.2. The van der Waals surface area contributed by atoms with Crippen LogP contribution in [0, 0.1) is 0 Å². The van der Waals surface area contributed by atoms with Gasteiger partial charge in [0.05, 0.1) is 19.5 Å². The van der Waals surface area contributed by atoms with Gasteiger partial charge in [0.2, 0.25) is 5.88 Å². The van der Waals surface area contributed by atoms with Gasteiger partial charge in [-0.3, -0.25) is 4.90 Å². The van der Waals surface area contributed by atoms with Crippen molar-refractivity contribution in [2.24, 2.45) is 0 Å². The standard InChI is InChI=1S/C16H18ClN5O/c1-23-16-3-2-11(5-20-16)8-22-12-4-13(22)10-21(9-12)15-7-18-14(17)6-19-15/h2-3,5-7,12-13H,4,8-10H2,1H3/i8D2. The summed E-state index contributed by atoms with van der Waals surface area (Å²) in [4.78, 5) is 16.6. The second-order valence-electron chi connectivity index (χ2n) is 5.75. The number of hydrogen-bond donors (Lipinski definition) is 0. The number of aromatic nitrogens is 3. The lowest BCUT2D eigenvalue weighted by Crippen LogP contribution is -2.68. The summed E-state index contributed by atoms with van der Waals surface area (Å²) in [6.45, 7) is -0.129. The van der Waals surface area contributed by atoms with Gasteiger partial charge in [-0.05, 0) is 12.0 Å². The van der Waals surface area contributed by atoms with E-state index >= 15 is 0 Å². The number of halogens is 1. The van der Waals surface area contributed by atoms with E-state index in [1.54, 1.807) is 31.6 Å². The average molecular weight is 334 g/mol. The van der Waals surface area contributed by atoms with Gasteiger partial charge in [0.1, 0.15) is 11.0 Å². The van der Waals surface area contributed by atoms with E-state index in [-0.39, 0.29) is 12.1 Å². The maximum Gasteiger partial charge on any atom is 0.212 e. The van der Waals surface area contributed by atoms with Crippen molar-refractivity contribution in [2.45, 2.75) is 25.0 Å². The van der Waals surface area contributed by atoms with E-state index in [1.165, 1.54) is 6.20 Å². The molecule has 5 rings (SSSR count). The summed E-state index contributed by atoms with van der Waals surface area (Å²) >= 11 is 5.80. The molecule has 2 unspecified atom stereocenters. The van der Waals surface area contributed by atoms with Crippen molar-refractivity contribution in [2.75, 3.05) is 25.1 Å². The van der Waals surface area contributed by atoms with Crippen molar-refractivity contribution < 1.29 is 7.48 Å². The minimum atomic E-state index is -1.56. The van der Waals surface area contributed by atoms with E-state index < -0.39 is 6.50 Å². The SMILES string of the molecule is [2H]C([2H])(c1ccc(OC)nc1)N1C2CC1CN(c1cnc(Cl)cn1)C2. The molecule has 0 spiro atoms. The van der Waals surface area contributed by atoms with Crippen LogP contribution in [0.5, 0.6) is 5.88 Å². The van der Waals surface area contributed by atoms with Crippen LogP contribution in [-0.4, -0.2) is 52.1 Å². The van der Waals surface area contributed by atoms with E-state index in [0.717, 1.165) is 25.3 Å². The summed E-state index contributed by atoms with van der Waals surface area (Å²) in [5.74, 6) is 1.27. The zero-order valence-corrected chi connectivity index (χ0v) is 13.4. The van der Waals surface area contributed by atoms with Crippen molar-refractivity contribution in [1.82, 2.24) is 19.9 Å². The van der Waals surface area contributed by atoms with Crippen molar-refractivity contribution >= 4 is 17.4 Å².